The zero-order valence-electron chi connectivity index (χ0n) is 15.9. The Morgan fingerprint density at radius 1 is 1.17 bits per heavy atom. The molecule has 0 aliphatic heterocycles. The lowest BCUT2D eigenvalue weighted by Gasteiger charge is -2.25. The van der Waals surface area contributed by atoms with Gasteiger partial charge in [-0.2, -0.15) is 0 Å². The summed E-state index contributed by atoms with van der Waals surface area (Å²) in [6, 6.07) is 7.06. The van der Waals surface area contributed by atoms with Crippen molar-refractivity contribution < 1.29 is 9.21 Å². The number of carbonyl (C=O) groups is 1. The number of thioether (sulfide) groups is 1. The Labute approximate surface area is 193 Å². The lowest BCUT2D eigenvalue weighted by Crippen LogP contribution is -2.17. The van der Waals surface area contributed by atoms with Gasteiger partial charge in [0.1, 0.15) is 0 Å². The Bertz CT molecular complexity index is 1010. The molecule has 0 saturated heterocycles. The van der Waals surface area contributed by atoms with Gasteiger partial charge in [-0.1, -0.05) is 65.8 Å². The van der Waals surface area contributed by atoms with E-state index in [-0.39, 0.29) is 21.7 Å². The molecule has 0 bridgehead atoms. The number of nitrogens with zero attached hydrogens (tertiary/aromatic N) is 3. The van der Waals surface area contributed by atoms with Crippen molar-refractivity contribution in [3.8, 4) is 11.6 Å². The Balaban J connectivity index is 1.51. The molecule has 158 valence electrons. The maximum Gasteiger partial charge on any atom is 0.234 e. The summed E-state index contributed by atoms with van der Waals surface area (Å²) in [5.74, 6) is 1.25. The zero-order valence-corrected chi connectivity index (χ0v) is 19.0. The fraction of sp³-hybridized carbons (Fsp3) is 0.350. The van der Waals surface area contributed by atoms with E-state index < -0.39 is 0 Å². The molecular weight excluding hydrogens is 467 g/mol. The Hall–Kier alpha value is -1.67. The highest BCUT2D eigenvalue weighted by Gasteiger charge is 2.25. The normalized spacial score (nSPS) is 14.8. The van der Waals surface area contributed by atoms with Gasteiger partial charge in [0.2, 0.25) is 11.7 Å². The quantitative estimate of drug-likeness (QED) is 0.392. The van der Waals surface area contributed by atoms with Gasteiger partial charge in [0.25, 0.3) is 0 Å². The predicted molar refractivity (Wildman–Crippen MR) is 121 cm³/mol. The maximum absolute atomic E-state index is 12.5. The van der Waals surface area contributed by atoms with Gasteiger partial charge in [0, 0.05) is 11.1 Å². The average Bonchev–Trinajstić information content (AvgIpc) is 3.39. The largest absolute Gasteiger partial charge is 0.461 e. The first kappa shape index (κ1) is 21.6. The SMILES string of the molecule is O=C(CSc1nnc(-c2ccco2)n1C1CCCCC1)Nc1c(Cl)cc(Cl)cc1Cl. The molecule has 1 aliphatic rings. The lowest BCUT2D eigenvalue weighted by atomic mass is 9.95. The molecule has 10 heteroatoms. The molecule has 2 aromatic heterocycles. The summed E-state index contributed by atoms with van der Waals surface area (Å²) in [4.78, 5) is 12.5. The van der Waals surface area contributed by atoms with Crippen LogP contribution >= 0.6 is 46.6 Å². The smallest absolute Gasteiger partial charge is 0.234 e. The van der Waals surface area contributed by atoms with Crippen molar-refractivity contribution in [2.45, 2.75) is 43.3 Å². The Kier molecular flexibility index (Phi) is 6.93. The summed E-state index contributed by atoms with van der Waals surface area (Å²) in [6.07, 6.45) is 7.30. The van der Waals surface area contributed by atoms with Crippen LogP contribution in [0.15, 0.2) is 40.1 Å². The lowest BCUT2D eigenvalue weighted by molar-refractivity contribution is -0.113. The van der Waals surface area contributed by atoms with E-state index in [1.165, 1.54) is 43.2 Å². The first-order valence-corrected chi connectivity index (χ1v) is 11.7. The maximum atomic E-state index is 12.5. The first-order chi connectivity index (χ1) is 14.5. The van der Waals surface area contributed by atoms with E-state index >= 15 is 0 Å². The van der Waals surface area contributed by atoms with Crippen molar-refractivity contribution in [3.05, 3.63) is 45.6 Å². The number of carbonyl (C=O) groups excluding carboxylic acids is 1. The molecule has 0 atom stereocenters. The van der Waals surface area contributed by atoms with Gasteiger partial charge < -0.3 is 9.73 Å². The van der Waals surface area contributed by atoms with Crippen LogP contribution in [-0.2, 0) is 4.79 Å². The highest BCUT2D eigenvalue weighted by atomic mass is 35.5. The number of hydrogen-bond donors (Lipinski definition) is 1. The van der Waals surface area contributed by atoms with E-state index in [2.05, 4.69) is 20.1 Å². The molecule has 1 fully saturated rings. The van der Waals surface area contributed by atoms with Gasteiger partial charge in [-0.15, -0.1) is 10.2 Å². The van der Waals surface area contributed by atoms with E-state index in [1.54, 1.807) is 6.26 Å². The van der Waals surface area contributed by atoms with Crippen LogP contribution in [0.2, 0.25) is 15.1 Å². The second kappa shape index (κ2) is 9.64. The second-order valence-electron chi connectivity index (χ2n) is 7.03. The van der Waals surface area contributed by atoms with Crippen molar-refractivity contribution in [3.63, 3.8) is 0 Å². The molecule has 3 aromatic rings. The number of furan rings is 1. The number of amides is 1. The minimum absolute atomic E-state index is 0.137. The standard InChI is InChI=1S/C20H19Cl3N4O2S/c21-12-9-14(22)18(15(23)10-12)24-17(28)11-30-20-26-25-19(16-7-4-8-29-16)27(20)13-5-2-1-3-6-13/h4,7-10,13H,1-3,5-6,11H2,(H,24,28). The van der Waals surface area contributed by atoms with Crippen molar-refractivity contribution in [1.82, 2.24) is 14.8 Å². The molecule has 1 N–H and O–H groups in total. The van der Waals surface area contributed by atoms with Gasteiger partial charge in [0.05, 0.1) is 27.7 Å². The van der Waals surface area contributed by atoms with Crippen LogP contribution in [0.25, 0.3) is 11.6 Å². The van der Waals surface area contributed by atoms with Crippen LogP contribution in [0.5, 0.6) is 0 Å². The van der Waals surface area contributed by atoms with Crippen molar-refractivity contribution in [2.24, 2.45) is 0 Å². The summed E-state index contributed by atoms with van der Waals surface area (Å²) >= 11 is 19.6. The minimum Gasteiger partial charge on any atom is -0.461 e. The molecule has 0 unspecified atom stereocenters. The third kappa shape index (κ3) is 4.80. The van der Waals surface area contributed by atoms with E-state index in [9.17, 15) is 4.79 Å². The number of benzene rings is 1. The van der Waals surface area contributed by atoms with Crippen LogP contribution in [0.3, 0.4) is 0 Å². The van der Waals surface area contributed by atoms with Crippen molar-refractivity contribution in [1.29, 1.82) is 0 Å². The van der Waals surface area contributed by atoms with Gasteiger partial charge in [-0.3, -0.25) is 9.36 Å². The third-order valence-electron chi connectivity index (χ3n) is 4.95. The average molecular weight is 486 g/mol. The summed E-state index contributed by atoms with van der Waals surface area (Å²) in [5, 5.41) is 13.1. The highest BCUT2D eigenvalue weighted by Crippen LogP contribution is 2.36. The molecule has 4 rings (SSSR count). The zero-order chi connectivity index (χ0) is 21.1. The number of anilines is 1. The second-order valence-corrected chi connectivity index (χ2v) is 9.22. The Morgan fingerprint density at radius 3 is 2.57 bits per heavy atom. The summed E-state index contributed by atoms with van der Waals surface area (Å²) in [6.45, 7) is 0. The van der Waals surface area contributed by atoms with Crippen molar-refractivity contribution in [2.75, 3.05) is 11.1 Å². The molecule has 1 saturated carbocycles. The van der Waals surface area contributed by atoms with Gasteiger partial charge in [0.15, 0.2) is 10.9 Å². The fourth-order valence-corrected chi connectivity index (χ4v) is 5.30. The van der Waals surface area contributed by atoms with E-state index in [1.807, 2.05) is 12.1 Å². The monoisotopic (exact) mass is 484 g/mol. The first-order valence-electron chi connectivity index (χ1n) is 9.59. The molecule has 2 heterocycles. The molecule has 0 spiro atoms. The number of rotatable bonds is 6. The van der Waals surface area contributed by atoms with Gasteiger partial charge in [-0.05, 0) is 37.1 Å². The number of hydrogen-bond acceptors (Lipinski definition) is 5. The fourth-order valence-electron chi connectivity index (χ4n) is 3.58. The molecule has 0 radical (unpaired) electrons. The Morgan fingerprint density at radius 2 is 1.90 bits per heavy atom. The predicted octanol–water partition coefficient (Wildman–Crippen LogP) is 6.73. The van der Waals surface area contributed by atoms with Crippen LogP contribution < -0.4 is 5.32 Å². The minimum atomic E-state index is -0.246. The van der Waals surface area contributed by atoms with Crippen molar-refractivity contribution >= 4 is 58.2 Å². The molecule has 1 aliphatic carbocycles. The number of nitrogens with one attached hydrogen (secondary N) is 1. The molecule has 1 amide bonds. The van der Waals surface area contributed by atoms with Gasteiger partial charge in [-0.25, -0.2) is 0 Å². The molecule has 6 nitrogen and oxygen atoms in total. The van der Waals surface area contributed by atoms with Crippen LogP contribution in [0, 0.1) is 0 Å². The van der Waals surface area contributed by atoms with Crippen LogP contribution in [0.1, 0.15) is 38.1 Å². The summed E-state index contributed by atoms with van der Waals surface area (Å²) < 4.78 is 7.66. The third-order valence-corrected chi connectivity index (χ3v) is 6.71. The van der Waals surface area contributed by atoms with Crippen LogP contribution in [-0.4, -0.2) is 26.4 Å². The van der Waals surface area contributed by atoms with E-state index in [0.717, 1.165) is 12.8 Å². The highest BCUT2D eigenvalue weighted by molar-refractivity contribution is 7.99. The molecule has 30 heavy (non-hydrogen) atoms. The summed E-state index contributed by atoms with van der Waals surface area (Å²) in [7, 11) is 0. The number of aromatic nitrogens is 3. The number of halogens is 3. The van der Waals surface area contributed by atoms with E-state index in [0.29, 0.717) is 33.5 Å². The molecular formula is C20H19Cl3N4O2S. The summed E-state index contributed by atoms with van der Waals surface area (Å²) in [5.41, 5.74) is 0.346. The van der Waals surface area contributed by atoms with Crippen LogP contribution in [0.4, 0.5) is 5.69 Å². The van der Waals surface area contributed by atoms with E-state index in [4.69, 9.17) is 39.2 Å². The topological polar surface area (TPSA) is 73.0 Å². The van der Waals surface area contributed by atoms with Gasteiger partial charge >= 0.3 is 0 Å². The molecule has 1 aromatic carbocycles.